The van der Waals surface area contributed by atoms with Crippen LogP contribution in [0.2, 0.25) is 0 Å². The van der Waals surface area contributed by atoms with Gasteiger partial charge in [0.2, 0.25) is 0 Å². The fourth-order valence-corrected chi connectivity index (χ4v) is 2.02. The maximum absolute atomic E-state index is 5.68. The summed E-state index contributed by atoms with van der Waals surface area (Å²) < 4.78 is 6.65. The summed E-state index contributed by atoms with van der Waals surface area (Å²) in [6, 6.07) is 6.05. The fraction of sp³-hybridized carbons (Fsp3) is 0.385. The summed E-state index contributed by atoms with van der Waals surface area (Å²) in [5.41, 5.74) is 2.61. The molecule has 1 aromatic carbocycles. The van der Waals surface area contributed by atoms with Crippen LogP contribution < -0.4 is 10.1 Å². The van der Waals surface area contributed by atoms with Gasteiger partial charge in [-0.1, -0.05) is 30.7 Å². The molecule has 0 heterocycles. The maximum atomic E-state index is 5.68. The number of para-hydroxylation sites is 1. The van der Waals surface area contributed by atoms with Crippen molar-refractivity contribution in [2.24, 2.45) is 0 Å². The van der Waals surface area contributed by atoms with Crippen molar-refractivity contribution in [2.75, 3.05) is 13.2 Å². The van der Waals surface area contributed by atoms with E-state index >= 15 is 0 Å². The lowest BCUT2D eigenvalue weighted by Gasteiger charge is -2.12. The molecular formula is C13H17BrClNO. The second kappa shape index (κ2) is 8.56. The minimum Gasteiger partial charge on any atom is -0.488 e. The smallest absolute Gasteiger partial charge is 0.138 e. The Morgan fingerprint density at radius 1 is 1.47 bits per heavy atom. The molecule has 0 amide bonds. The van der Waals surface area contributed by atoms with Crippen LogP contribution in [0.25, 0.3) is 0 Å². The van der Waals surface area contributed by atoms with Crippen molar-refractivity contribution in [1.29, 1.82) is 0 Å². The van der Waals surface area contributed by atoms with Crippen molar-refractivity contribution in [3.05, 3.63) is 39.8 Å². The van der Waals surface area contributed by atoms with E-state index in [2.05, 4.69) is 34.2 Å². The molecule has 0 saturated heterocycles. The molecule has 0 fully saturated rings. The number of ether oxygens (including phenoxy) is 1. The van der Waals surface area contributed by atoms with E-state index in [0.717, 1.165) is 35.3 Å². The maximum Gasteiger partial charge on any atom is 0.138 e. The molecule has 0 atom stereocenters. The van der Waals surface area contributed by atoms with Crippen LogP contribution in [0.4, 0.5) is 0 Å². The van der Waals surface area contributed by atoms with Gasteiger partial charge in [0.25, 0.3) is 0 Å². The van der Waals surface area contributed by atoms with Crippen LogP contribution in [-0.2, 0) is 6.54 Å². The first-order valence-electron chi connectivity index (χ1n) is 5.65. The monoisotopic (exact) mass is 317 g/mol. The fourth-order valence-electron chi connectivity index (χ4n) is 1.42. The van der Waals surface area contributed by atoms with E-state index in [-0.39, 0.29) is 0 Å². The highest BCUT2D eigenvalue weighted by Gasteiger charge is 2.06. The molecule has 0 spiro atoms. The Morgan fingerprint density at radius 3 is 3.00 bits per heavy atom. The summed E-state index contributed by atoms with van der Waals surface area (Å²) in [7, 11) is 0. The zero-order valence-electron chi connectivity index (χ0n) is 9.88. The van der Waals surface area contributed by atoms with E-state index in [1.165, 1.54) is 5.54 Å². The molecule has 94 valence electrons. The number of halogens is 2. The van der Waals surface area contributed by atoms with E-state index in [1.807, 2.05) is 12.1 Å². The Bertz CT molecular complexity index is 368. The molecule has 1 rings (SSSR count). The van der Waals surface area contributed by atoms with E-state index in [4.69, 9.17) is 16.3 Å². The molecular weight excluding hydrogens is 302 g/mol. The number of benzene rings is 1. The minimum atomic E-state index is 0.479. The topological polar surface area (TPSA) is 21.3 Å². The first-order chi connectivity index (χ1) is 8.29. The van der Waals surface area contributed by atoms with Crippen LogP contribution in [-0.4, -0.2) is 13.2 Å². The normalized spacial score (nSPS) is 11.0. The van der Waals surface area contributed by atoms with E-state index in [9.17, 15) is 0 Å². The van der Waals surface area contributed by atoms with Crippen LogP contribution in [0.1, 0.15) is 18.9 Å². The average Bonchev–Trinajstić information content (AvgIpc) is 2.33. The van der Waals surface area contributed by atoms with Crippen LogP contribution >= 0.6 is 27.5 Å². The van der Waals surface area contributed by atoms with Gasteiger partial charge in [0, 0.05) is 17.6 Å². The molecule has 1 aromatic rings. The number of nitrogens with one attached hydrogen (secondary N) is 1. The van der Waals surface area contributed by atoms with Crippen molar-refractivity contribution in [3.8, 4) is 5.75 Å². The zero-order valence-corrected chi connectivity index (χ0v) is 12.2. The minimum absolute atomic E-state index is 0.479. The molecule has 0 bridgehead atoms. The summed E-state index contributed by atoms with van der Waals surface area (Å²) in [6.07, 6.45) is 2.89. The highest BCUT2D eigenvalue weighted by Crippen LogP contribution is 2.29. The van der Waals surface area contributed by atoms with Crippen LogP contribution in [0, 0.1) is 0 Å². The van der Waals surface area contributed by atoms with Gasteiger partial charge in [-0.2, -0.15) is 0 Å². The molecule has 4 heteroatoms. The van der Waals surface area contributed by atoms with Crippen LogP contribution in [0.3, 0.4) is 0 Å². The van der Waals surface area contributed by atoms with Gasteiger partial charge in [0.15, 0.2) is 0 Å². The van der Waals surface area contributed by atoms with Gasteiger partial charge in [0.1, 0.15) is 12.4 Å². The Labute approximate surface area is 116 Å². The highest BCUT2D eigenvalue weighted by atomic mass is 79.9. The molecule has 0 saturated carbocycles. The lowest BCUT2D eigenvalue weighted by atomic mass is 10.2. The van der Waals surface area contributed by atoms with Gasteiger partial charge < -0.3 is 10.1 Å². The standard InChI is InChI=1S/C13H17BrClNO/c1-2-8-16-10-11-5-3-6-12(14)13(11)17-9-4-7-15/h3-7,16H,2,8-10H2,1H3/b7-4+. The molecule has 2 nitrogen and oxygen atoms in total. The van der Waals surface area contributed by atoms with Crippen LogP contribution in [0.15, 0.2) is 34.3 Å². The Balaban J connectivity index is 2.69. The number of hydrogen-bond donors (Lipinski definition) is 1. The zero-order chi connectivity index (χ0) is 12.5. The number of rotatable bonds is 7. The Kier molecular flexibility index (Phi) is 7.33. The highest BCUT2D eigenvalue weighted by molar-refractivity contribution is 9.10. The molecule has 0 aliphatic rings. The van der Waals surface area contributed by atoms with Crippen molar-refractivity contribution in [1.82, 2.24) is 5.32 Å². The summed E-state index contributed by atoms with van der Waals surface area (Å²) in [6.45, 7) is 4.45. The second-order valence-electron chi connectivity index (χ2n) is 3.58. The van der Waals surface area contributed by atoms with Gasteiger partial charge in [0.05, 0.1) is 4.47 Å². The number of hydrogen-bond acceptors (Lipinski definition) is 2. The Morgan fingerprint density at radius 2 is 2.29 bits per heavy atom. The van der Waals surface area contributed by atoms with E-state index < -0.39 is 0 Å². The van der Waals surface area contributed by atoms with Gasteiger partial charge >= 0.3 is 0 Å². The van der Waals surface area contributed by atoms with Crippen molar-refractivity contribution in [3.63, 3.8) is 0 Å². The Hall–Kier alpha value is -0.510. The van der Waals surface area contributed by atoms with Gasteiger partial charge in [-0.15, -0.1) is 0 Å². The van der Waals surface area contributed by atoms with Gasteiger partial charge in [-0.25, -0.2) is 0 Å². The van der Waals surface area contributed by atoms with Crippen molar-refractivity contribution < 1.29 is 4.74 Å². The third kappa shape index (κ3) is 5.11. The quantitative estimate of drug-likeness (QED) is 0.765. The predicted octanol–water partition coefficient (Wildman–Crippen LogP) is 4.08. The molecule has 0 aliphatic heterocycles. The molecule has 0 radical (unpaired) electrons. The van der Waals surface area contributed by atoms with E-state index in [1.54, 1.807) is 6.08 Å². The summed E-state index contributed by atoms with van der Waals surface area (Å²) in [4.78, 5) is 0. The summed E-state index contributed by atoms with van der Waals surface area (Å²) in [5.74, 6) is 0.880. The largest absolute Gasteiger partial charge is 0.488 e. The third-order valence-corrected chi connectivity index (χ3v) is 3.01. The predicted molar refractivity (Wildman–Crippen MR) is 76.6 cm³/mol. The molecule has 0 aromatic heterocycles. The molecule has 0 unspecified atom stereocenters. The van der Waals surface area contributed by atoms with Crippen molar-refractivity contribution >= 4 is 27.5 Å². The van der Waals surface area contributed by atoms with Gasteiger partial charge in [-0.05, 0) is 41.0 Å². The third-order valence-electron chi connectivity index (χ3n) is 2.20. The first kappa shape index (κ1) is 14.6. The van der Waals surface area contributed by atoms with E-state index in [0.29, 0.717) is 6.61 Å². The molecule has 1 N–H and O–H groups in total. The SMILES string of the molecule is CCCNCc1cccc(Br)c1OC/C=C/Cl. The molecule has 17 heavy (non-hydrogen) atoms. The molecule has 0 aliphatic carbocycles. The van der Waals surface area contributed by atoms with Gasteiger partial charge in [-0.3, -0.25) is 0 Å². The summed E-state index contributed by atoms with van der Waals surface area (Å²) in [5, 5.41) is 3.36. The van der Waals surface area contributed by atoms with Crippen molar-refractivity contribution in [2.45, 2.75) is 19.9 Å². The summed E-state index contributed by atoms with van der Waals surface area (Å²) >= 11 is 8.96. The second-order valence-corrected chi connectivity index (χ2v) is 4.68. The average molecular weight is 319 g/mol. The first-order valence-corrected chi connectivity index (χ1v) is 6.88. The lowest BCUT2D eigenvalue weighted by molar-refractivity contribution is 0.355. The van der Waals surface area contributed by atoms with Crippen LogP contribution in [0.5, 0.6) is 5.75 Å². The lowest BCUT2D eigenvalue weighted by Crippen LogP contribution is -2.14.